The lowest BCUT2D eigenvalue weighted by Gasteiger charge is -2.24. The Morgan fingerprint density at radius 2 is 2.05 bits per heavy atom. The summed E-state index contributed by atoms with van der Waals surface area (Å²) in [5, 5.41) is 6.98. The Morgan fingerprint density at radius 1 is 1.26 bits per heavy atom. The third-order valence-corrected chi connectivity index (χ3v) is 4.45. The van der Waals surface area contributed by atoms with E-state index in [1.54, 1.807) is 0 Å². The Kier molecular flexibility index (Phi) is 5.95. The van der Waals surface area contributed by atoms with E-state index < -0.39 is 0 Å². The van der Waals surface area contributed by atoms with Crippen LogP contribution >= 0.6 is 0 Å². The molecule has 2 N–H and O–H groups in total. The SMILES string of the molecule is CCCCNC(=NC)NC1CCN(C2CCCC2)C1. The molecule has 19 heavy (non-hydrogen) atoms. The molecule has 110 valence electrons. The number of nitrogens with one attached hydrogen (secondary N) is 2. The molecule has 1 saturated carbocycles. The standard InChI is InChI=1S/C15H30N4/c1-3-4-10-17-15(16-2)18-13-9-11-19(12-13)14-7-5-6-8-14/h13-14H,3-12H2,1-2H3,(H2,16,17,18). The molecule has 1 aliphatic carbocycles. The average molecular weight is 266 g/mol. The first-order chi connectivity index (χ1) is 9.33. The zero-order chi connectivity index (χ0) is 13.5. The predicted molar refractivity (Wildman–Crippen MR) is 81.6 cm³/mol. The summed E-state index contributed by atoms with van der Waals surface area (Å²) in [7, 11) is 1.87. The maximum atomic E-state index is 4.32. The molecule has 0 aromatic rings. The highest BCUT2D eigenvalue weighted by Crippen LogP contribution is 2.26. The molecule has 0 aromatic heterocycles. The zero-order valence-corrected chi connectivity index (χ0v) is 12.6. The summed E-state index contributed by atoms with van der Waals surface area (Å²) in [4.78, 5) is 7.01. The summed E-state index contributed by atoms with van der Waals surface area (Å²) in [6.07, 6.45) is 9.37. The Bertz CT molecular complexity index is 284. The number of likely N-dealkylation sites (tertiary alicyclic amines) is 1. The molecule has 0 amide bonds. The van der Waals surface area contributed by atoms with Crippen LogP contribution in [0.5, 0.6) is 0 Å². The maximum Gasteiger partial charge on any atom is 0.191 e. The minimum absolute atomic E-state index is 0.577. The lowest BCUT2D eigenvalue weighted by molar-refractivity contribution is 0.242. The fourth-order valence-corrected chi connectivity index (χ4v) is 3.28. The van der Waals surface area contributed by atoms with Gasteiger partial charge in [-0.3, -0.25) is 9.89 Å². The summed E-state index contributed by atoms with van der Waals surface area (Å²) in [5.41, 5.74) is 0. The first-order valence-corrected chi connectivity index (χ1v) is 8.04. The molecule has 0 spiro atoms. The summed E-state index contributed by atoms with van der Waals surface area (Å²) in [5.74, 6) is 0.978. The number of hydrogen-bond donors (Lipinski definition) is 2. The predicted octanol–water partition coefficient (Wildman–Crippen LogP) is 1.97. The number of hydrogen-bond acceptors (Lipinski definition) is 2. The number of aliphatic imine (C=N–C) groups is 1. The van der Waals surface area contributed by atoms with Crippen molar-refractivity contribution >= 4 is 5.96 Å². The number of unbranched alkanes of at least 4 members (excludes halogenated alkanes) is 1. The monoisotopic (exact) mass is 266 g/mol. The highest BCUT2D eigenvalue weighted by Gasteiger charge is 2.30. The van der Waals surface area contributed by atoms with E-state index in [1.807, 2.05) is 7.05 Å². The van der Waals surface area contributed by atoms with E-state index >= 15 is 0 Å². The quantitative estimate of drug-likeness (QED) is 0.454. The van der Waals surface area contributed by atoms with Crippen molar-refractivity contribution in [3.63, 3.8) is 0 Å². The van der Waals surface area contributed by atoms with Crippen LogP contribution in [0.3, 0.4) is 0 Å². The second-order valence-corrected chi connectivity index (χ2v) is 5.92. The molecule has 4 heteroatoms. The van der Waals surface area contributed by atoms with Crippen molar-refractivity contribution in [1.82, 2.24) is 15.5 Å². The van der Waals surface area contributed by atoms with E-state index in [4.69, 9.17) is 0 Å². The fourth-order valence-electron chi connectivity index (χ4n) is 3.28. The number of guanidine groups is 1. The highest BCUT2D eigenvalue weighted by molar-refractivity contribution is 5.79. The molecule has 1 heterocycles. The van der Waals surface area contributed by atoms with Gasteiger partial charge >= 0.3 is 0 Å². The first kappa shape index (κ1) is 14.6. The Hall–Kier alpha value is -0.770. The van der Waals surface area contributed by atoms with E-state index in [0.717, 1.165) is 18.5 Å². The van der Waals surface area contributed by atoms with Crippen LogP contribution in [0.15, 0.2) is 4.99 Å². The van der Waals surface area contributed by atoms with Crippen LogP contribution in [-0.4, -0.2) is 49.6 Å². The van der Waals surface area contributed by atoms with Crippen LogP contribution in [0.4, 0.5) is 0 Å². The second-order valence-electron chi connectivity index (χ2n) is 5.92. The Labute approximate surface area is 118 Å². The van der Waals surface area contributed by atoms with Crippen LogP contribution in [0.1, 0.15) is 51.9 Å². The molecule has 1 atom stereocenters. The second kappa shape index (κ2) is 7.73. The van der Waals surface area contributed by atoms with Gasteiger partial charge in [0, 0.05) is 38.8 Å². The van der Waals surface area contributed by atoms with Crippen molar-refractivity contribution in [1.29, 1.82) is 0 Å². The van der Waals surface area contributed by atoms with Gasteiger partial charge in [-0.2, -0.15) is 0 Å². The molecule has 2 aliphatic rings. The van der Waals surface area contributed by atoms with Gasteiger partial charge in [0.25, 0.3) is 0 Å². The molecule has 0 radical (unpaired) electrons. The largest absolute Gasteiger partial charge is 0.356 e. The molecule has 2 rings (SSSR count). The van der Waals surface area contributed by atoms with Gasteiger partial charge in [-0.05, 0) is 25.7 Å². The molecule has 1 saturated heterocycles. The van der Waals surface area contributed by atoms with E-state index in [-0.39, 0.29) is 0 Å². The van der Waals surface area contributed by atoms with Crippen LogP contribution < -0.4 is 10.6 Å². The number of rotatable bonds is 5. The van der Waals surface area contributed by atoms with Crippen LogP contribution in [0.25, 0.3) is 0 Å². The molecule has 2 fully saturated rings. The molecule has 4 nitrogen and oxygen atoms in total. The molecule has 0 aromatic carbocycles. The zero-order valence-electron chi connectivity index (χ0n) is 12.6. The van der Waals surface area contributed by atoms with Gasteiger partial charge in [-0.1, -0.05) is 26.2 Å². The van der Waals surface area contributed by atoms with Crippen LogP contribution in [-0.2, 0) is 0 Å². The summed E-state index contributed by atoms with van der Waals surface area (Å²) in [6.45, 7) is 5.69. The topological polar surface area (TPSA) is 39.7 Å². The lowest BCUT2D eigenvalue weighted by Crippen LogP contribution is -2.45. The van der Waals surface area contributed by atoms with Crippen molar-refractivity contribution in [2.45, 2.75) is 64.0 Å². The fraction of sp³-hybridized carbons (Fsp3) is 0.933. The van der Waals surface area contributed by atoms with Crippen LogP contribution in [0, 0.1) is 0 Å². The van der Waals surface area contributed by atoms with Crippen molar-refractivity contribution in [3.8, 4) is 0 Å². The molecular formula is C15H30N4. The summed E-state index contributed by atoms with van der Waals surface area (Å²) < 4.78 is 0. The van der Waals surface area contributed by atoms with E-state index in [9.17, 15) is 0 Å². The third-order valence-electron chi connectivity index (χ3n) is 4.45. The van der Waals surface area contributed by atoms with Gasteiger partial charge in [0.2, 0.25) is 0 Å². The Balaban J connectivity index is 1.70. The first-order valence-electron chi connectivity index (χ1n) is 8.04. The normalized spacial score (nSPS) is 26.0. The van der Waals surface area contributed by atoms with E-state index in [1.165, 1.54) is 58.0 Å². The Morgan fingerprint density at radius 3 is 2.74 bits per heavy atom. The number of nitrogens with zero attached hydrogens (tertiary/aromatic N) is 2. The van der Waals surface area contributed by atoms with Crippen molar-refractivity contribution in [3.05, 3.63) is 0 Å². The smallest absolute Gasteiger partial charge is 0.191 e. The van der Waals surface area contributed by atoms with Gasteiger partial charge in [-0.25, -0.2) is 0 Å². The summed E-state index contributed by atoms with van der Waals surface area (Å²) in [6, 6.07) is 1.44. The molecule has 1 unspecified atom stereocenters. The minimum Gasteiger partial charge on any atom is -0.356 e. The van der Waals surface area contributed by atoms with Crippen molar-refractivity contribution in [2.75, 3.05) is 26.7 Å². The van der Waals surface area contributed by atoms with Gasteiger partial charge in [0.15, 0.2) is 5.96 Å². The van der Waals surface area contributed by atoms with E-state index in [0.29, 0.717) is 6.04 Å². The van der Waals surface area contributed by atoms with Crippen LogP contribution in [0.2, 0.25) is 0 Å². The summed E-state index contributed by atoms with van der Waals surface area (Å²) >= 11 is 0. The van der Waals surface area contributed by atoms with Crippen molar-refractivity contribution in [2.24, 2.45) is 4.99 Å². The molecule has 0 bridgehead atoms. The van der Waals surface area contributed by atoms with Crippen molar-refractivity contribution < 1.29 is 0 Å². The molecule has 1 aliphatic heterocycles. The third kappa shape index (κ3) is 4.37. The minimum atomic E-state index is 0.577. The van der Waals surface area contributed by atoms with Gasteiger partial charge in [-0.15, -0.1) is 0 Å². The maximum absolute atomic E-state index is 4.32. The average Bonchev–Trinajstić information content (AvgIpc) is 3.08. The van der Waals surface area contributed by atoms with E-state index in [2.05, 4.69) is 27.4 Å². The lowest BCUT2D eigenvalue weighted by atomic mass is 10.2. The molecular weight excluding hydrogens is 236 g/mol. The van der Waals surface area contributed by atoms with Gasteiger partial charge in [0.1, 0.15) is 0 Å². The highest BCUT2D eigenvalue weighted by atomic mass is 15.3. The van der Waals surface area contributed by atoms with Gasteiger partial charge < -0.3 is 10.6 Å². The van der Waals surface area contributed by atoms with Gasteiger partial charge in [0.05, 0.1) is 0 Å².